The van der Waals surface area contributed by atoms with E-state index in [1.807, 2.05) is 54.6 Å². The summed E-state index contributed by atoms with van der Waals surface area (Å²) in [5.74, 6) is 0. The molecule has 2 aromatic rings. The Kier molecular flexibility index (Phi) is 3.97. The van der Waals surface area contributed by atoms with E-state index in [1.54, 1.807) is 6.20 Å². The highest BCUT2D eigenvalue weighted by molar-refractivity contribution is 6.12. The Bertz CT molecular complexity index is 697. The fourth-order valence-corrected chi connectivity index (χ4v) is 2.54. The number of nitrogens with zero attached hydrogens (tertiary/aromatic N) is 1. The summed E-state index contributed by atoms with van der Waals surface area (Å²) >= 11 is 0. The zero-order valence-electron chi connectivity index (χ0n) is 11.8. The molecule has 21 heavy (non-hydrogen) atoms. The van der Waals surface area contributed by atoms with Gasteiger partial charge in [-0.3, -0.25) is 0 Å². The monoisotopic (exact) mass is 275 g/mol. The molecule has 0 saturated carbocycles. The fraction of sp³-hybridized carbons (Fsp3) is 0.105. The van der Waals surface area contributed by atoms with E-state index in [9.17, 15) is 5.21 Å². The van der Waals surface area contributed by atoms with Gasteiger partial charge < -0.3 is 5.21 Å². The van der Waals surface area contributed by atoms with E-state index in [0.717, 1.165) is 40.0 Å². The molecule has 0 N–H and O–H groups in total. The second-order valence-electron chi connectivity index (χ2n) is 5.04. The van der Waals surface area contributed by atoms with Gasteiger partial charge >= 0.3 is 0 Å². The Morgan fingerprint density at radius 2 is 1.57 bits per heavy atom. The third kappa shape index (κ3) is 3.11. The van der Waals surface area contributed by atoms with Crippen molar-refractivity contribution in [3.63, 3.8) is 0 Å². The van der Waals surface area contributed by atoms with E-state index in [2.05, 4.69) is 18.2 Å². The number of benzene rings is 2. The van der Waals surface area contributed by atoms with Crippen molar-refractivity contribution >= 4 is 11.8 Å². The number of allylic oxidation sites excluding steroid dienone is 2. The van der Waals surface area contributed by atoms with Gasteiger partial charge in [-0.1, -0.05) is 48.5 Å². The van der Waals surface area contributed by atoms with Gasteiger partial charge in [0.2, 0.25) is 5.71 Å². The van der Waals surface area contributed by atoms with Gasteiger partial charge in [0, 0.05) is 11.1 Å². The molecular weight excluding hydrogens is 258 g/mol. The van der Waals surface area contributed by atoms with Gasteiger partial charge in [0.1, 0.15) is 0 Å². The van der Waals surface area contributed by atoms with Crippen molar-refractivity contribution in [2.75, 3.05) is 0 Å². The number of rotatable bonds is 2. The van der Waals surface area contributed by atoms with Crippen LogP contribution in [-0.4, -0.2) is 10.5 Å². The topological polar surface area (TPSA) is 26.1 Å². The summed E-state index contributed by atoms with van der Waals surface area (Å²) in [6, 6.07) is 20.0. The van der Waals surface area contributed by atoms with Crippen LogP contribution in [-0.2, 0) is 0 Å². The highest BCUT2D eigenvalue weighted by Crippen LogP contribution is 2.20. The fourth-order valence-electron chi connectivity index (χ4n) is 2.54. The lowest BCUT2D eigenvalue weighted by atomic mass is 9.97. The second-order valence-corrected chi connectivity index (χ2v) is 5.04. The van der Waals surface area contributed by atoms with Gasteiger partial charge in [0.15, 0.2) is 6.20 Å². The zero-order chi connectivity index (χ0) is 14.5. The number of hydroxylamine groups is 1. The molecule has 1 aliphatic heterocycles. The molecule has 0 aromatic heterocycles. The number of hydrogen-bond donors (Lipinski definition) is 0. The van der Waals surface area contributed by atoms with E-state index in [4.69, 9.17) is 0 Å². The van der Waals surface area contributed by atoms with E-state index in [-0.39, 0.29) is 0 Å². The van der Waals surface area contributed by atoms with E-state index in [1.165, 1.54) is 0 Å². The van der Waals surface area contributed by atoms with Crippen LogP contribution in [0.3, 0.4) is 0 Å². The van der Waals surface area contributed by atoms with Crippen LogP contribution < -0.4 is 0 Å². The third-order valence-electron chi connectivity index (χ3n) is 3.53. The van der Waals surface area contributed by atoms with Crippen molar-refractivity contribution in [2.24, 2.45) is 0 Å². The Morgan fingerprint density at radius 3 is 2.29 bits per heavy atom. The molecule has 0 bridgehead atoms. The Balaban J connectivity index is 2.10. The van der Waals surface area contributed by atoms with Crippen LogP contribution in [0, 0.1) is 5.21 Å². The van der Waals surface area contributed by atoms with Crippen molar-refractivity contribution in [1.29, 1.82) is 0 Å². The molecule has 0 saturated heterocycles. The first-order chi connectivity index (χ1) is 10.3. The van der Waals surface area contributed by atoms with Gasteiger partial charge in [0.05, 0.1) is 0 Å². The minimum atomic E-state index is 0.744. The maximum absolute atomic E-state index is 12.4. The van der Waals surface area contributed by atoms with Crippen LogP contribution in [0.5, 0.6) is 0 Å². The van der Waals surface area contributed by atoms with Crippen LogP contribution >= 0.6 is 0 Å². The maximum atomic E-state index is 12.4. The van der Waals surface area contributed by atoms with Crippen molar-refractivity contribution in [2.45, 2.75) is 12.8 Å². The van der Waals surface area contributed by atoms with Gasteiger partial charge in [-0.15, -0.1) is 0 Å². The van der Waals surface area contributed by atoms with Gasteiger partial charge in [0.25, 0.3) is 0 Å². The van der Waals surface area contributed by atoms with Crippen LogP contribution in [0.15, 0.2) is 78.5 Å². The molecule has 0 atom stereocenters. The molecule has 0 aliphatic carbocycles. The summed E-state index contributed by atoms with van der Waals surface area (Å²) < 4.78 is 0.983. The van der Waals surface area contributed by atoms with Crippen LogP contribution in [0.4, 0.5) is 0 Å². The van der Waals surface area contributed by atoms with Crippen molar-refractivity contribution in [1.82, 2.24) is 0 Å². The van der Waals surface area contributed by atoms with Gasteiger partial charge in [-0.25, -0.2) is 0 Å². The zero-order valence-corrected chi connectivity index (χ0v) is 11.8. The smallest absolute Gasteiger partial charge is 0.226 e. The third-order valence-corrected chi connectivity index (χ3v) is 3.53. The minimum Gasteiger partial charge on any atom is -0.618 e. The lowest BCUT2D eigenvalue weighted by Crippen LogP contribution is -2.14. The Hall–Kier alpha value is -2.61. The Labute approximate surface area is 125 Å². The lowest BCUT2D eigenvalue weighted by molar-refractivity contribution is -0.377. The molecule has 2 nitrogen and oxygen atoms in total. The molecule has 2 aromatic carbocycles. The molecule has 104 valence electrons. The first kappa shape index (κ1) is 13.4. The molecule has 0 fully saturated rings. The first-order valence-electron chi connectivity index (χ1n) is 7.16. The molecule has 1 heterocycles. The quantitative estimate of drug-likeness (QED) is 0.590. The molecule has 0 amide bonds. The van der Waals surface area contributed by atoms with E-state index < -0.39 is 0 Å². The standard InChI is InChI=1S/C19H17NO/c21-20-14-8-7-13-18(15-16-9-3-1-4-10-16)19(20)17-11-5-2-6-12-17/h1-6,8-12,14-15H,7,13H2/b18-15+. The molecule has 2 heteroatoms. The van der Waals surface area contributed by atoms with Crippen molar-refractivity contribution in [3.8, 4) is 0 Å². The molecule has 0 radical (unpaired) electrons. The van der Waals surface area contributed by atoms with Crippen molar-refractivity contribution in [3.05, 3.63) is 94.8 Å². The van der Waals surface area contributed by atoms with Gasteiger partial charge in [-0.2, -0.15) is 4.74 Å². The van der Waals surface area contributed by atoms with Crippen molar-refractivity contribution < 1.29 is 4.74 Å². The Morgan fingerprint density at radius 1 is 0.905 bits per heavy atom. The summed E-state index contributed by atoms with van der Waals surface area (Å²) in [6.45, 7) is 0. The summed E-state index contributed by atoms with van der Waals surface area (Å²) in [7, 11) is 0. The minimum absolute atomic E-state index is 0.744. The van der Waals surface area contributed by atoms with Crippen LogP contribution in [0.25, 0.3) is 6.08 Å². The normalized spacial score (nSPS) is 17.0. The van der Waals surface area contributed by atoms with Crippen LogP contribution in [0.2, 0.25) is 0 Å². The van der Waals surface area contributed by atoms with Gasteiger partial charge in [-0.05, 0) is 42.7 Å². The largest absolute Gasteiger partial charge is 0.618 e. The average Bonchev–Trinajstić information content (AvgIpc) is 2.71. The average molecular weight is 275 g/mol. The molecule has 0 spiro atoms. The summed E-state index contributed by atoms with van der Waals surface area (Å²) in [5, 5.41) is 12.4. The maximum Gasteiger partial charge on any atom is 0.226 e. The first-order valence-corrected chi connectivity index (χ1v) is 7.16. The summed E-state index contributed by atoms with van der Waals surface area (Å²) in [6.07, 6.45) is 7.41. The molecule has 1 aliphatic rings. The van der Waals surface area contributed by atoms with E-state index >= 15 is 0 Å². The highest BCUT2D eigenvalue weighted by Gasteiger charge is 2.19. The predicted octanol–water partition coefficient (Wildman–Crippen LogP) is 4.38. The molecule has 3 rings (SSSR count). The number of hydrogen-bond acceptors (Lipinski definition) is 1. The molecular formula is C19H17NO. The summed E-state index contributed by atoms with van der Waals surface area (Å²) in [4.78, 5) is 0. The lowest BCUT2D eigenvalue weighted by Gasteiger charge is -2.09. The highest BCUT2D eigenvalue weighted by atomic mass is 16.5. The summed E-state index contributed by atoms with van der Waals surface area (Å²) in [5.41, 5.74) is 3.90. The van der Waals surface area contributed by atoms with Crippen LogP contribution in [0.1, 0.15) is 24.0 Å². The predicted molar refractivity (Wildman–Crippen MR) is 87.0 cm³/mol. The SMILES string of the molecule is [O-][N+]1=C(c2ccccc2)/C(=C/c2ccccc2)CCC=C1. The van der Waals surface area contributed by atoms with E-state index in [0.29, 0.717) is 0 Å². The second kappa shape index (κ2) is 6.23. The molecule has 0 unspecified atom stereocenters.